The quantitative estimate of drug-likeness (QED) is 0.551. The van der Waals surface area contributed by atoms with E-state index in [1.807, 2.05) is 39.0 Å². The second kappa shape index (κ2) is 4.61. The Hall–Kier alpha value is -0.820. The zero-order valence-corrected chi connectivity index (χ0v) is 9.56. The van der Waals surface area contributed by atoms with Crippen LogP contribution in [-0.4, -0.2) is 11.2 Å². The zero-order valence-electron chi connectivity index (χ0n) is 8.80. The van der Waals surface area contributed by atoms with Gasteiger partial charge >= 0.3 is 0 Å². The summed E-state index contributed by atoms with van der Waals surface area (Å²) in [6, 6.07) is 5.91. The molecule has 0 aliphatic carbocycles. The van der Waals surface area contributed by atoms with Gasteiger partial charge in [-0.25, -0.2) is 0 Å². The Morgan fingerprint density at radius 2 is 2.07 bits per heavy atom. The highest BCUT2D eigenvalue weighted by Crippen LogP contribution is 2.15. The molecule has 0 fully saturated rings. The van der Waals surface area contributed by atoms with E-state index in [-0.39, 0.29) is 11.2 Å². The molecule has 0 aliphatic rings. The highest BCUT2D eigenvalue weighted by atomic mass is 35.5. The second-order valence-corrected chi connectivity index (χ2v) is 4.47. The first-order valence-electron chi connectivity index (χ1n) is 4.75. The molecule has 0 saturated heterocycles. The molecule has 0 heterocycles. The first-order chi connectivity index (χ1) is 6.50. The van der Waals surface area contributed by atoms with Gasteiger partial charge in [0.2, 0.25) is 0 Å². The summed E-state index contributed by atoms with van der Waals surface area (Å²) in [4.78, 5) is 11.7. The van der Waals surface area contributed by atoms with Crippen molar-refractivity contribution in [1.82, 2.24) is 0 Å². The van der Waals surface area contributed by atoms with E-state index >= 15 is 0 Å². The first kappa shape index (κ1) is 11.3. The lowest BCUT2D eigenvalue weighted by atomic mass is 9.99. The molecule has 1 rings (SSSR count). The van der Waals surface area contributed by atoms with Gasteiger partial charge in [0.05, 0.1) is 0 Å². The van der Waals surface area contributed by atoms with E-state index in [4.69, 9.17) is 11.6 Å². The van der Waals surface area contributed by atoms with Crippen molar-refractivity contribution >= 4 is 17.4 Å². The minimum atomic E-state index is -0.0950. The van der Waals surface area contributed by atoms with E-state index in [9.17, 15) is 4.79 Å². The van der Waals surface area contributed by atoms with Crippen LogP contribution >= 0.6 is 11.6 Å². The van der Waals surface area contributed by atoms with Gasteiger partial charge in [-0.15, -0.1) is 11.6 Å². The molecule has 1 nitrogen and oxygen atoms in total. The van der Waals surface area contributed by atoms with Crippen LogP contribution < -0.4 is 0 Å². The fourth-order valence-corrected chi connectivity index (χ4v) is 1.54. The predicted octanol–water partition coefficient (Wildman–Crippen LogP) is 3.50. The molecule has 0 aliphatic heterocycles. The summed E-state index contributed by atoms with van der Waals surface area (Å²) in [7, 11) is 0. The summed E-state index contributed by atoms with van der Waals surface area (Å²) in [5.41, 5.74) is 2.94. The van der Waals surface area contributed by atoms with Gasteiger partial charge in [-0.05, 0) is 32.4 Å². The molecule has 1 atom stereocenters. The van der Waals surface area contributed by atoms with Crippen LogP contribution in [0.2, 0.25) is 0 Å². The van der Waals surface area contributed by atoms with Gasteiger partial charge in [0, 0.05) is 17.4 Å². The Kier molecular flexibility index (Phi) is 3.70. The molecular weight excluding hydrogens is 196 g/mol. The van der Waals surface area contributed by atoms with Crippen LogP contribution in [0.5, 0.6) is 0 Å². The lowest BCUT2D eigenvalue weighted by molar-refractivity contribution is 0.0982. The lowest BCUT2D eigenvalue weighted by Gasteiger charge is -2.06. The van der Waals surface area contributed by atoms with Crippen molar-refractivity contribution in [3.63, 3.8) is 0 Å². The fourth-order valence-electron chi connectivity index (χ4n) is 1.40. The van der Waals surface area contributed by atoms with Crippen molar-refractivity contribution in [2.75, 3.05) is 0 Å². The van der Waals surface area contributed by atoms with Gasteiger partial charge in [0.25, 0.3) is 0 Å². The van der Waals surface area contributed by atoms with Crippen LogP contribution in [0.15, 0.2) is 18.2 Å². The minimum Gasteiger partial charge on any atom is -0.294 e. The maximum atomic E-state index is 11.7. The van der Waals surface area contributed by atoms with Crippen molar-refractivity contribution in [1.29, 1.82) is 0 Å². The number of rotatable bonds is 3. The summed E-state index contributed by atoms with van der Waals surface area (Å²) in [5, 5.41) is -0.0950. The van der Waals surface area contributed by atoms with Crippen molar-refractivity contribution in [2.24, 2.45) is 0 Å². The molecule has 1 aromatic carbocycles. The van der Waals surface area contributed by atoms with E-state index in [1.54, 1.807) is 0 Å². The number of carbonyl (C=O) groups is 1. The smallest absolute Gasteiger partial charge is 0.164 e. The molecular formula is C12H15ClO. The molecule has 76 valence electrons. The maximum absolute atomic E-state index is 11.7. The predicted molar refractivity (Wildman–Crippen MR) is 60.2 cm³/mol. The van der Waals surface area contributed by atoms with Crippen LogP contribution in [-0.2, 0) is 0 Å². The normalized spacial score (nSPS) is 12.6. The van der Waals surface area contributed by atoms with Gasteiger partial charge in [0.1, 0.15) is 0 Å². The minimum absolute atomic E-state index is 0.0950. The number of carbonyl (C=O) groups excluding carboxylic acids is 1. The summed E-state index contributed by atoms with van der Waals surface area (Å²) >= 11 is 5.79. The van der Waals surface area contributed by atoms with E-state index in [0.29, 0.717) is 6.42 Å². The van der Waals surface area contributed by atoms with Crippen LogP contribution in [0.1, 0.15) is 34.8 Å². The number of ketones is 1. The first-order valence-corrected chi connectivity index (χ1v) is 5.19. The number of alkyl halides is 1. The number of Topliss-reactive ketones (excluding diaryl/α,β-unsaturated/α-hetero) is 1. The molecule has 14 heavy (non-hydrogen) atoms. The third-order valence-electron chi connectivity index (χ3n) is 2.16. The number of benzene rings is 1. The van der Waals surface area contributed by atoms with E-state index in [1.165, 1.54) is 0 Å². The van der Waals surface area contributed by atoms with Crippen LogP contribution in [0.4, 0.5) is 0 Å². The fraction of sp³-hybridized carbons (Fsp3) is 0.417. The molecule has 0 amide bonds. The Morgan fingerprint density at radius 1 is 1.43 bits per heavy atom. The van der Waals surface area contributed by atoms with E-state index in [2.05, 4.69) is 0 Å². The van der Waals surface area contributed by atoms with Crippen molar-refractivity contribution in [3.05, 3.63) is 34.9 Å². The SMILES string of the molecule is Cc1ccc(C)c(C(=O)CC(C)Cl)c1. The lowest BCUT2D eigenvalue weighted by Crippen LogP contribution is -2.07. The van der Waals surface area contributed by atoms with Crippen LogP contribution in [0.25, 0.3) is 0 Å². The molecule has 0 saturated carbocycles. The molecule has 0 bridgehead atoms. The molecule has 0 radical (unpaired) electrons. The largest absolute Gasteiger partial charge is 0.294 e. The summed E-state index contributed by atoms with van der Waals surface area (Å²) < 4.78 is 0. The highest BCUT2D eigenvalue weighted by Gasteiger charge is 2.11. The van der Waals surface area contributed by atoms with Gasteiger partial charge in [-0.1, -0.05) is 17.7 Å². The maximum Gasteiger partial charge on any atom is 0.164 e. The van der Waals surface area contributed by atoms with Crippen LogP contribution in [0, 0.1) is 13.8 Å². The topological polar surface area (TPSA) is 17.1 Å². The van der Waals surface area contributed by atoms with Gasteiger partial charge in [-0.2, -0.15) is 0 Å². The average molecular weight is 211 g/mol. The van der Waals surface area contributed by atoms with Crippen molar-refractivity contribution in [3.8, 4) is 0 Å². The second-order valence-electron chi connectivity index (χ2n) is 3.73. The molecule has 2 heteroatoms. The summed E-state index contributed by atoms with van der Waals surface area (Å²) in [6.07, 6.45) is 0.409. The van der Waals surface area contributed by atoms with Crippen molar-refractivity contribution < 1.29 is 4.79 Å². The third-order valence-corrected chi connectivity index (χ3v) is 2.31. The van der Waals surface area contributed by atoms with Gasteiger partial charge < -0.3 is 0 Å². The molecule has 0 aromatic heterocycles. The number of hydrogen-bond donors (Lipinski definition) is 0. The highest BCUT2D eigenvalue weighted by molar-refractivity contribution is 6.22. The average Bonchev–Trinajstić information content (AvgIpc) is 2.08. The molecule has 0 spiro atoms. The molecule has 1 aromatic rings. The van der Waals surface area contributed by atoms with Gasteiger partial charge in [0.15, 0.2) is 5.78 Å². The Labute approximate surface area is 90.1 Å². The Bertz CT molecular complexity index is 342. The van der Waals surface area contributed by atoms with Gasteiger partial charge in [-0.3, -0.25) is 4.79 Å². The van der Waals surface area contributed by atoms with E-state index < -0.39 is 0 Å². The molecule has 1 unspecified atom stereocenters. The standard InChI is InChI=1S/C12H15ClO/c1-8-4-5-9(2)11(6-8)12(14)7-10(3)13/h4-6,10H,7H2,1-3H3. The number of halogens is 1. The Morgan fingerprint density at radius 3 is 2.64 bits per heavy atom. The summed E-state index contributed by atoms with van der Waals surface area (Å²) in [5.74, 6) is 0.133. The van der Waals surface area contributed by atoms with E-state index in [0.717, 1.165) is 16.7 Å². The monoisotopic (exact) mass is 210 g/mol. The van der Waals surface area contributed by atoms with Crippen molar-refractivity contribution in [2.45, 2.75) is 32.6 Å². The number of aryl methyl sites for hydroxylation is 2. The molecule has 0 N–H and O–H groups in total. The number of hydrogen-bond acceptors (Lipinski definition) is 1. The Balaban J connectivity index is 2.94. The summed E-state index contributed by atoms with van der Waals surface area (Å²) in [6.45, 7) is 5.77. The third kappa shape index (κ3) is 2.85. The van der Waals surface area contributed by atoms with Crippen LogP contribution in [0.3, 0.4) is 0 Å². The zero-order chi connectivity index (χ0) is 10.7.